The van der Waals surface area contributed by atoms with Crippen LogP contribution in [0.4, 0.5) is 0 Å². The van der Waals surface area contributed by atoms with Gasteiger partial charge in [-0.2, -0.15) is 5.26 Å². The Hall–Kier alpha value is -2.06. The second kappa shape index (κ2) is 7.28. The number of aliphatic hydroxyl groups is 1. The zero-order chi connectivity index (χ0) is 16.1. The Bertz CT molecular complexity index is 557. The van der Waals surface area contributed by atoms with Crippen LogP contribution in [0.3, 0.4) is 0 Å². The summed E-state index contributed by atoms with van der Waals surface area (Å²) in [5, 5.41) is 18.7. The molecule has 1 N–H and O–H groups in total. The molecule has 1 aromatic carbocycles. The van der Waals surface area contributed by atoms with Crippen molar-refractivity contribution >= 4 is 5.91 Å². The smallest absolute Gasteiger partial charge is 0.263 e. The Kier molecular flexibility index (Phi) is 5.40. The predicted molar refractivity (Wildman–Crippen MR) is 82.2 cm³/mol. The number of likely N-dealkylation sites (tertiary alicyclic amines) is 1. The molecule has 0 bridgehead atoms. The van der Waals surface area contributed by atoms with E-state index < -0.39 is 6.10 Å². The monoisotopic (exact) mass is 302 g/mol. The molecule has 1 aliphatic heterocycles. The molecule has 22 heavy (non-hydrogen) atoms. The SMILES string of the molecule is CC(Oc1ccccc1C#N)C(=O)N1CCC(C(C)O)CC1. The number of nitriles is 1. The van der Waals surface area contributed by atoms with Crippen molar-refractivity contribution in [2.75, 3.05) is 13.1 Å². The lowest BCUT2D eigenvalue weighted by molar-refractivity contribution is -0.139. The van der Waals surface area contributed by atoms with E-state index in [1.54, 1.807) is 43.0 Å². The first-order valence-electron chi connectivity index (χ1n) is 7.65. The molecule has 2 unspecified atom stereocenters. The molecule has 0 radical (unpaired) electrons. The Morgan fingerprint density at radius 1 is 1.36 bits per heavy atom. The molecular weight excluding hydrogens is 280 g/mol. The van der Waals surface area contributed by atoms with Crippen LogP contribution >= 0.6 is 0 Å². The maximum atomic E-state index is 12.4. The molecule has 1 heterocycles. The van der Waals surface area contributed by atoms with Crippen molar-refractivity contribution in [2.45, 2.75) is 38.9 Å². The van der Waals surface area contributed by atoms with Crippen LogP contribution in [0.15, 0.2) is 24.3 Å². The van der Waals surface area contributed by atoms with Crippen molar-refractivity contribution in [2.24, 2.45) is 5.92 Å². The Balaban J connectivity index is 1.94. The molecule has 5 nitrogen and oxygen atoms in total. The van der Waals surface area contributed by atoms with Gasteiger partial charge in [0.2, 0.25) is 0 Å². The first-order valence-corrected chi connectivity index (χ1v) is 7.65. The van der Waals surface area contributed by atoms with E-state index in [2.05, 4.69) is 6.07 Å². The summed E-state index contributed by atoms with van der Waals surface area (Å²) in [6.45, 7) is 4.79. The fourth-order valence-corrected chi connectivity index (χ4v) is 2.76. The van der Waals surface area contributed by atoms with Crippen LogP contribution in [0.2, 0.25) is 0 Å². The van der Waals surface area contributed by atoms with Gasteiger partial charge in [-0.25, -0.2) is 0 Å². The molecule has 0 aliphatic carbocycles. The Morgan fingerprint density at radius 3 is 2.59 bits per heavy atom. The topological polar surface area (TPSA) is 73.6 Å². The second-order valence-corrected chi connectivity index (χ2v) is 5.77. The summed E-state index contributed by atoms with van der Waals surface area (Å²) in [5.74, 6) is 0.626. The fraction of sp³-hybridized carbons (Fsp3) is 0.529. The summed E-state index contributed by atoms with van der Waals surface area (Å²) in [4.78, 5) is 14.2. The highest BCUT2D eigenvalue weighted by atomic mass is 16.5. The number of hydrogen-bond acceptors (Lipinski definition) is 4. The van der Waals surface area contributed by atoms with Gasteiger partial charge in [-0.15, -0.1) is 0 Å². The minimum absolute atomic E-state index is 0.0724. The number of hydrogen-bond donors (Lipinski definition) is 1. The van der Waals surface area contributed by atoms with Gasteiger partial charge in [0.25, 0.3) is 5.91 Å². The van der Waals surface area contributed by atoms with Crippen LogP contribution in [0.5, 0.6) is 5.75 Å². The van der Waals surface area contributed by atoms with Gasteiger partial charge in [0, 0.05) is 13.1 Å². The van der Waals surface area contributed by atoms with E-state index in [9.17, 15) is 9.90 Å². The van der Waals surface area contributed by atoms with Crippen LogP contribution in [0, 0.1) is 17.2 Å². The van der Waals surface area contributed by atoms with Crippen molar-refractivity contribution in [3.8, 4) is 11.8 Å². The third-order valence-corrected chi connectivity index (χ3v) is 4.19. The first kappa shape index (κ1) is 16.3. The molecule has 1 fully saturated rings. The van der Waals surface area contributed by atoms with Crippen LogP contribution in [-0.4, -0.2) is 41.2 Å². The number of piperidine rings is 1. The van der Waals surface area contributed by atoms with Gasteiger partial charge in [0.05, 0.1) is 11.7 Å². The number of rotatable bonds is 4. The molecule has 2 atom stereocenters. The van der Waals surface area contributed by atoms with E-state index >= 15 is 0 Å². The summed E-state index contributed by atoms with van der Waals surface area (Å²) in [6, 6.07) is 8.97. The average molecular weight is 302 g/mol. The van der Waals surface area contributed by atoms with Crippen molar-refractivity contribution < 1.29 is 14.6 Å². The molecule has 5 heteroatoms. The lowest BCUT2D eigenvalue weighted by Crippen LogP contribution is -2.46. The maximum absolute atomic E-state index is 12.4. The van der Waals surface area contributed by atoms with Crippen molar-refractivity contribution in [3.63, 3.8) is 0 Å². The number of carbonyl (C=O) groups excluding carboxylic acids is 1. The second-order valence-electron chi connectivity index (χ2n) is 5.77. The van der Waals surface area contributed by atoms with E-state index in [0.29, 0.717) is 24.4 Å². The number of para-hydroxylation sites is 1. The van der Waals surface area contributed by atoms with Crippen molar-refractivity contribution in [3.05, 3.63) is 29.8 Å². The Labute approximate surface area is 131 Å². The molecular formula is C17H22N2O3. The van der Waals surface area contributed by atoms with E-state index in [0.717, 1.165) is 12.8 Å². The van der Waals surface area contributed by atoms with Crippen LogP contribution in [0.1, 0.15) is 32.3 Å². The summed E-state index contributed by atoms with van der Waals surface area (Å²) in [6.07, 6.45) is 0.668. The number of carbonyl (C=O) groups is 1. The lowest BCUT2D eigenvalue weighted by Gasteiger charge is -2.34. The van der Waals surface area contributed by atoms with Gasteiger partial charge in [0.15, 0.2) is 6.10 Å². The number of nitrogens with zero attached hydrogens (tertiary/aromatic N) is 2. The lowest BCUT2D eigenvalue weighted by atomic mass is 9.92. The average Bonchev–Trinajstić information content (AvgIpc) is 2.54. The summed E-state index contributed by atoms with van der Waals surface area (Å²) in [5.41, 5.74) is 0.426. The highest BCUT2D eigenvalue weighted by Gasteiger charge is 2.28. The first-order chi connectivity index (χ1) is 10.5. The quantitative estimate of drug-likeness (QED) is 0.922. The van der Waals surface area contributed by atoms with Crippen LogP contribution in [0.25, 0.3) is 0 Å². The molecule has 0 saturated carbocycles. The zero-order valence-corrected chi connectivity index (χ0v) is 13.0. The summed E-state index contributed by atoms with van der Waals surface area (Å²) < 4.78 is 5.66. The molecule has 1 saturated heterocycles. The molecule has 1 aromatic rings. The predicted octanol–water partition coefficient (Wildman–Crippen LogP) is 1.94. The third-order valence-electron chi connectivity index (χ3n) is 4.19. The van der Waals surface area contributed by atoms with E-state index in [4.69, 9.17) is 10.00 Å². The van der Waals surface area contributed by atoms with Gasteiger partial charge in [0.1, 0.15) is 11.8 Å². The van der Waals surface area contributed by atoms with Gasteiger partial charge in [-0.1, -0.05) is 12.1 Å². The van der Waals surface area contributed by atoms with Gasteiger partial charge in [-0.3, -0.25) is 4.79 Å². The number of benzene rings is 1. The molecule has 118 valence electrons. The Morgan fingerprint density at radius 2 is 2.00 bits per heavy atom. The number of amides is 1. The fourth-order valence-electron chi connectivity index (χ4n) is 2.76. The van der Waals surface area contributed by atoms with Crippen LogP contribution < -0.4 is 4.74 Å². The third kappa shape index (κ3) is 3.77. The van der Waals surface area contributed by atoms with Crippen molar-refractivity contribution in [1.29, 1.82) is 5.26 Å². The molecule has 2 rings (SSSR count). The van der Waals surface area contributed by atoms with Crippen LogP contribution in [-0.2, 0) is 4.79 Å². The van der Waals surface area contributed by atoms with Gasteiger partial charge >= 0.3 is 0 Å². The summed E-state index contributed by atoms with van der Waals surface area (Å²) >= 11 is 0. The molecule has 0 spiro atoms. The maximum Gasteiger partial charge on any atom is 0.263 e. The van der Waals surface area contributed by atoms with Gasteiger partial charge in [-0.05, 0) is 44.7 Å². The normalized spacial score (nSPS) is 18.4. The number of ether oxygens (including phenoxy) is 1. The molecule has 1 amide bonds. The molecule has 1 aliphatic rings. The van der Waals surface area contributed by atoms with Gasteiger partial charge < -0.3 is 14.7 Å². The van der Waals surface area contributed by atoms with E-state index in [-0.39, 0.29) is 17.9 Å². The number of aliphatic hydroxyl groups excluding tert-OH is 1. The minimum Gasteiger partial charge on any atom is -0.480 e. The zero-order valence-electron chi connectivity index (χ0n) is 13.0. The largest absolute Gasteiger partial charge is 0.480 e. The summed E-state index contributed by atoms with van der Waals surface area (Å²) in [7, 11) is 0. The van der Waals surface area contributed by atoms with E-state index in [1.165, 1.54) is 0 Å². The highest BCUT2D eigenvalue weighted by molar-refractivity contribution is 5.81. The minimum atomic E-state index is -0.627. The highest BCUT2D eigenvalue weighted by Crippen LogP contribution is 2.23. The standard InChI is InChI=1S/C17H22N2O3/c1-12(20)14-7-9-19(10-8-14)17(21)13(2)22-16-6-4-3-5-15(16)11-18/h3-6,12-14,20H,7-10H2,1-2H3. The van der Waals surface area contributed by atoms with Crippen molar-refractivity contribution in [1.82, 2.24) is 4.90 Å². The molecule has 0 aromatic heterocycles. The van der Waals surface area contributed by atoms with E-state index in [1.807, 2.05) is 0 Å².